The van der Waals surface area contributed by atoms with E-state index in [1.54, 1.807) is 0 Å². The van der Waals surface area contributed by atoms with Crippen molar-refractivity contribution in [2.45, 2.75) is 27.2 Å². The van der Waals surface area contributed by atoms with Gasteiger partial charge in [-0.05, 0) is 49.1 Å². The number of hydrogen-bond acceptors (Lipinski definition) is 2. The van der Waals surface area contributed by atoms with Gasteiger partial charge < -0.3 is 0 Å². The molecule has 0 amide bonds. The lowest BCUT2D eigenvalue weighted by atomic mass is 10.0. The Bertz CT molecular complexity index is 586. The average Bonchev–Trinajstić information content (AvgIpc) is 2.62. The molecule has 0 aliphatic heterocycles. The molecule has 0 saturated heterocycles. The van der Waals surface area contributed by atoms with E-state index in [1.165, 1.54) is 33.5 Å². The normalized spacial score (nSPS) is 12.4. The van der Waals surface area contributed by atoms with Crippen molar-refractivity contribution in [2.24, 2.45) is 0 Å². The number of nitrogens with zero attached hydrogens (tertiary/aromatic N) is 2. The summed E-state index contributed by atoms with van der Waals surface area (Å²) >= 11 is 0. The van der Waals surface area contributed by atoms with Gasteiger partial charge >= 0.3 is 0 Å². The molecule has 1 aliphatic carbocycles. The number of pyridine rings is 2. The maximum atomic E-state index is 4.56. The maximum Gasteiger partial charge on any atom is 0.0759 e. The standard InChI is InChI=1S/C14H14N2/c1-8-4-12-13(15-6-8)5-11-10(3)9(2)7-16-14(11)12/h4,6-7H,5H2,1-3H3. The zero-order valence-electron chi connectivity index (χ0n) is 9.83. The van der Waals surface area contributed by atoms with Crippen LogP contribution in [0.1, 0.15) is 27.9 Å². The molecule has 2 aromatic rings. The van der Waals surface area contributed by atoms with Gasteiger partial charge in [-0.2, -0.15) is 0 Å². The largest absolute Gasteiger partial charge is 0.260 e. The maximum absolute atomic E-state index is 4.56. The molecular weight excluding hydrogens is 196 g/mol. The van der Waals surface area contributed by atoms with Crippen LogP contribution in [0.2, 0.25) is 0 Å². The molecular formula is C14H14N2. The van der Waals surface area contributed by atoms with E-state index in [0.717, 1.165) is 12.1 Å². The van der Waals surface area contributed by atoms with E-state index in [4.69, 9.17) is 0 Å². The third-order valence-corrected chi connectivity index (χ3v) is 3.42. The SMILES string of the molecule is Cc1cnc2c(c1)-c1ncc(C)c(C)c1C2. The van der Waals surface area contributed by atoms with E-state index >= 15 is 0 Å². The van der Waals surface area contributed by atoms with Gasteiger partial charge in [-0.15, -0.1) is 0 Å². The highest BCUT2D eigenvalue weighted by Crippen LogP contribution is 2.36. The number of hydrogen-bond donors (Lipinski definition) is 0. The van der Waals surface area contributed by atoms with Crippen molar-refractivity contribution in [1.82, 2.24) is 9.97 Å². The summed E-state index contributed by atoms with van der Waals surface area (Å²) in [4.78, 5) is 9.07. The summed E-state index contributed by atoms with van der Waals surface area (Å²) in [7, 11) is 0. The summed E-state index contributed by atoms with van der Waals surface area (Å²) in [6.45, 7) is 6.37. The van der Waals surface area contributed by atoms with E-state index in [1.807, 2.05) is 12.4 Å². The Morgan fingerprint density at radius 1 is 1.06 bits per heavy atom. The lowest BCUT2D eigenvalue weighted by Gasteiger charge is -2.05. The van der Waals surface area contributed by atoms with E-state index in [9.17, 15) is 0 Å². The van der Waals surface area contributed by atoms with Gasteiger partial charge in [0.25, 0.3) is 0 Å². The molecule has 0 aromatic carbocycles. The second kappa shape index (κ2) is 3.14. The van der Waals surface area contributed by atoms with Gasteiger partial charge in [-0.1, -0.05) is 0 Å². The van der Waals surface area contributed by atoms with E-state index in [2.05, 4.69) is 36.8 Å². The molecule has 16 heavy (non-hydrogen) atoms. The van der Waals surface area contributed by atoms with Crippen LogP contribution in [0.4, 0.5) is 0 Å². The van der Waals surface area contributed by atoms with E-state index in [0.29, 0.717) is 0 Å². The Morgan fingerprint density at radius 2 is 1.88 bits per heavy atom. The molecule has 80 valence electrons. The molecule has 0 bridgehead atoms. The van der Waals surface area contributed by atoms with Gasteiger partial charge in [0, 0.05) is 24.4 Å². The van der Waals surface area contributed by atoms with Gasteiger partial charge in [0.15, 0.2) is 0 Å². The average molecular weight is 210 g/mol. The van der Waals surface area contributed by atoms with Crippen molar-refractivity contribution in [3.05, 3.63) is 46.4 Å². The van der Waals surface area contributed by atoms with Crippen LogP contribution in [0.5, 0.6) is 0 Å². The van der Waals surface area contributed by atoms with Crippen LogP contribution in [0.25, 0.3) is 11.3 Å². The highest BCUT2D eigenvalue weighted by atomic mass is 14.7. The number of fused-ring (bicyclic) bond motifs is 3. The van der Waals surface area contributed by atoms with E-state index < -0.39 is 0 Å². The van der Waals surface area contributed by atoms with Crippen LogP contribution in [-0.2, 0) is 6.42 Å². The molecule has 0 unspecified atom stereocenters. The van der Waals surface area contributed by atoms with Crippen molar-refractivity contribution in [1.29, 1.82) is 0 Å². The molecule has 0 saturated carbocycles. The van der Waals surface area contributed by atoms with Crippen LogP contribution < -0.4 is 0 Å². The Balaban J connectivity index is 2.30. The highest BCUT2D eigenvalue weighted by molar-refractivity contribution is 5.73. The molecule has 2 nitrogen and oxygen atoms in total. The molecule has 1 aliphatic rings. The summed E-state index contributed by atoms with van der Waals surface area (Å²) in [6, 6.07) is 2.19. The first-order chi connectivity index (χ1) is 7.66. The summed E-state index contributed by atoms with van der Waals surface area (Å²) in [6.07, 6.45) is 4.84. The van der Waals surface area contributed by atoms with Crippen LogP contribution in [-0.4, -0.2) is 9.97 Å². The van der Waals surface area contributed by atoms with Gasteiger partial charge in [0.05, 0.1) is 11.4 Å². The molecule has 0 spiro atoms. The van der Waals surface area contributed by atoms with Crippen molar-refractivity contribution in [3.63, 3.8) is 0 Å². The lowest BCUT2D eigenvalue weighted by Crippen LogP contribution is -1.92. The number of aryl methyl sites for hydroxylation is 2. The molecule has 0 atom stereocenters. The minimum absolute atomic E-state index is 0.936. The summed E-state index contributed by atoms with van der Waals surface area (Å²) in [5, 5.41) is 0. The monoisotopic (exact) mass is 210 g/mol. The summed E-state index contributed by atoms with van der Waals surface area (Å²) < 4.78 is 0. The first-order valence-electron chi connectivity index (χ1n) is 5.58. The topological polar surface area (TPSA) is 25.8 Å². The molecule has 2 heterocycles. The zero-order valence-corrected chi connectivity index (χ0v) is 9.83. The van der Waals surface area contributed by atoms with E-state index in [-0.39, 0.29) is 0 Å². The van der Waals surface area contributed by atoms with Gasteiger partial charge in [-0.25, -0.2) is 0 Å². The third kappa shape index (κ3) is 1.19. The summed E-state index contributed by atoms with van der Waals surface area (Å²) in [5.74, 6) is 0. The van der Waals surface area contributed by atoms with Crippen LogP contribution in [0.15, 0.2) is 18.5 Å². The Hall–Kier alpha value is -1.70. The fourth-order valence-electron chi connectivity index (χ4n) is 2.31. The highest BCUT2D eigenvalue weighted by Gasteiger charge is 2.23. The molecule has 3 rings (SSSR count). The van der Waals surface area contributed by atoms with Gasteiger partial charge in [0.1, 0.15) is 0 Å². The predicted octanol–water partition coefficient (Wildman–Crippen LogP) is 2.97. The quantitative estimate of drug-likeness (QED) is 0.570. The smallest absolute Gasteiger partial charge is 0.0759 e. The lowest BCUT2D eigenvalue weighted by molar-refractivity contribution is 1.08. The summed E-state index contributed by atoms with van der Waals surface area (Å²) in [5.41, 5.74) is 8.71. The minimum Gasteiger partial charge on any atom is -0.260 e. The molecule has 2 heteroatoms. The molecule has 0 N–H and O–H groups in total. The second-order valence-corrected chi connectivity index (χ2v) is 4.58. The van der Waals surface area contributed by atoms with Crippen molar-refractivity contribution in [3.8, 4) is 11.3 Å². The van der Waals surface area contributed by atoms with Crippen LogP contribution in [0, 0.1) is 20.8 Å². The minimum atomic E-state index is 0.936. The fourth-order valence-corrected chi connectivity index (χ4v) is 2.31. The zero-order chi connectivity index (χ0) is 11.3. The van der Waals surface area contributed by atoms with Crippen molar-refractivity contribution in [2.75, 3.05) is 0 Å². The predicted molar refractivity (Wildman–Crippen MR) is 64.5 cm³/mol. The number of aromatic nitrogens is 2. The first-order valence-corrected chi connectivity index (χ1v) is 5.58. The van der Waals surface area contributed by atoms with Crippen molar-refractivity contribution >= 4 is 0 Å². The van der Waals surface area contributed by atoms with Gasteiger partial charge in [0.2, 0.25) is 0 Å². The Labute approximate surface area is 95.4 Å². The first kappa shape index (κ1) is 9.52. The second-order valence-electron chi connectivity index (χ2n) is 4.58. The third-order valence-electron chi connectivity index (χ3n) is 3.42. The van der Waals surface area contributed by atoms with Crippen LogP contribution >= 0.6 is 0 Å². The van der Waals surface area contributed by atoms with Gasteiger partial charge in [-0.3, -0.25) is 9.97 Å². The molecule has 2 aromatic heterocycles. The van der Waals surface area contributed by atoms with Crippen molar-refractivity contribution < 1.29 is 0 Å². The number of rotatable bonds is 0. The Morgan fingerprint density at radius 3 is 2.69 bits per heavy atom. The Kier molecular flexibility index (Phi) is 1.87. The molecule has 0 radical (unpaired) electrons. The molecule has 0 fully saturated rings. The fraction of sp³-hybridized carbons (Fsp3) is 0.286. The van der Waals surface area contributed by atoms with Crippen LogP contribution in [0.3, 0.4) is 0 Å².